The van der Waals surface area contributed by atoms with Crippen LogP contribution in [0.2, 0.25) is 0 Å². The van der Waals surface area contributed by atoms with Crippen LogP contribution < -0.4 is 0 Å². The summed E-state index contributed by atoms with van der Waals surface area (Å²) in [5.74, 6) is -0.464. The van der Waals surface area contributed by atoms with Gasteiger partial charge >= 0.3 is 12.1 Å². The van der Waals surface area contributed by atoms with Crippen molar-refractivity contribution in [3.8, 4) is 0 Å². The second kappa shape index (κ2) is 4.96. The average molecular weight is 257 g/mol. The molecule has 0 N–H and O–H groups in total. The Morgan fingerprint density at radius 3 is 2.33 bits per heavy atom. The minimum atomic E-state index is -0.736. The molecular weight excluding hydrogens is 238 g/mol. The molecule has 1 aliphatic heterocycles. The highest BCUT2D eigenvalue weighted by atomic mass is 16.6. The molecule has 0 radical (unpaired) electrons. The maximum absolute atomic E-state index is 11.7. The Morgan fingerprint density at radius 1 is 1.33 bits per heavy atom. The smallest absolute Gasteiger partial charge is 0.410 e. The number of nitrogens with zero attached hydrogens (tertiary/aromatic N) is 1. The summed E-state index contributed by atoms with van der Waals surface area (Å²) in [6.45, 7) is 7.29. The first-order valence-corrected chi connectivity index (χ1v) is 5.77. The second-order valence-corrected chi connectivity index (χ2v) is 5.66. The number of amides is 1. The van der Waals surface area contributed by atoms with Crippen LogP contribution in [-0.4, -0.2) is 48.5 Å². The molecule has 6 nitrogen and oxygen atoms in total. The lowest BCUT2D eigenvalue weighted by Gasteiger charge is -2.45. The Bertz CT molecular complexity index is 352. The summed E-state index contributed by atoms with van der Waals surface area (Å²) in [4.78, 5) is 34.8. The van der Waals surface area contributed by atoms with Crippen molar-refractivity contribution in [3.63, 3.8) is 0 Å². The maximum Gasteiger partial charge on any atom is 0.410 e. The van der Waals surface area contributed by atoms with Gasteiger partial charge in [0.05, 0.1) is 0 Å². The third-order valence-electron chi connectivity index (χ3n) is 2.51. The van der Waals surface area contributed by atoms with E-state index in [1.165, 1.54) is 4.90 Å². The summed E-state index contributed by atoms with van der Waals surface area (Å²) in [5, 5.41) is 0. The Hall–Kier alpha value is -1.59. The molecule has 1 amide bonds. The number of likely N-dealkylation sites (tertiary alicyclic amines) is 1. The van der Waals surface area contributed by atoms with Crippen LogP contribution in [0.3, 0.4) is 0 Å². The SMILES string of the molecule is CC(C)(C)OC(=O)N1CC(C)(C(=O)OCC=O)C1. The highest BCUT2D eigenvalue weighted by Gasteiger charge is 2.49. The van der Waals surface area contributed by atoms with Crippen molar-refractivity contribution in [2.45, 2.75) is 33.3 Å². The van der Waals surface area contributed by atoms with Gasteiger partial charge in [-0.2, -0.15) is 0 Å². The van der Waals surface area contributed by atoms with Gasteiger partial charge in [-0.15, -0.1) is 0 Å². The van der Waals surface area contributed by atoms with E-state index in [2.05, 4.69) is 0 Å². The molecule has 0 unspecified atom stereocenters. The highest BCUT2D eigenvalue weighted by molar-refractivity contribution is 5.82. The number of aldehydes is 1. The summed E-state index contributed by atoms with van der Waals surface area (Å²) >= 11 is 0. The summed E-state index contributed by atoms with van der Waals surface area (Å²) < 4.78 is 9.92. The minimum absolute atomic E-state index is 0.249. The quantitative estimate of drug-likeness (QED) is 0.556. The Balaban J connectivity index is 2.44. The van der Waals surface area contributed by atoms with E-state index in [0.717, 1.165) is 0 Å². The van der Waals surface area contributed by atoms with E-state index < -0.39 is 23.1 Å². The van der Waals surface area contributed by atoms with Crippen LogP contribution >= 0.6 is 0 Å². The van der Waals surface area contributed by atoms with Gasteiger partial charge in [-0.25, -0.2) is 4.79 Å². The molecule has 0 aromatic carbocycles. The van der Waals surface area contributed by atoms with E-state index in [-0.39, 0.29) is 19.7 Å². The van der Waals surface area contributed by atoms with Crippen molar-refractivity contribution in [1.29, 1.82) is 0 Å². The van der Waals surface area contributed by atoms with Gasteiger partial charge in [-0.1, -0.05) is 0 Å². The minimum Gasteiger partial charge on any atom is -0.457 e. The Labute approximate surface area is 106 Å². The predicted molar refractivity (Wildman–Crippen MR) is 62.9 cm³/mol. The molecule has 1 heterocycles. The van der Waals surface area contributed by atoms with Gasteiger partial charge in [-0.05, 0) is 27.7 Å². The van der Waals surface area contributed by atoms with Crippen molar-refractivity contribution in [2.75, 3.05) is 19.7 Å². The molecule has 18 heavy (non-hydrogen) atoms. The molecule has 0 atom stereocenters. The molecule has 1 aliphatic rings. The number of rotatable bonds is 3. The lowest BCUT2D eigenvalue weighted by atomic mass is 9.82. The fraction of sp³-hybridized carbons (Fsp3) is 0.750. The van der Waals surface area contributed by atoms with Gasteiger partial charge in [0.1, 0.15) is 17.6 Å². The molecule has 0 aromatic rings. The normalized spacial score (nSPS) is 17.7. The van der Waals surface area contributed by atoms with Crippen molar-refractivity contribution in [1.82, 2.24) is 4.90 Å². The molecule has 0 saturated carbocycles. The summed E-state index contributed by atoms with van der Waals surface area (Å²) in [7, 11) is 0. The van der Waals surface area contributed by atoms with Crippen molar-refractivity contribution < 1.29 is 23.9 Å². The zero-order valence-corrected chi connectivity index (χ0v) is 11.2. The fourth-order valence-corrected chi connectivity index (χ4v) is 1.66. The van der Waals surface area contributed by atoms with Crippen LogP contribution in [0, 0.1) is 5.41 Å². The molecule has 102 valence electrons. The molecule has 0 aromatic heterocycles. The third-order valence-corrected chi connectivity index (χ3v) is 2.51. The lowest BCUT2D eigenvalue weighted by Crippen LogP contribution is -2.61. The van der Waals surface area contributed by atoms with E-state index in [0.29, 0.717) is 6.29 Å². The van der Waals surface area contributed by atoms with E-state index in [9.17, 15) is 14.4 Å². The first kappa shape index (κ1) is 14.5. The van der Waals surface area contributed by atoms with Crippen LogP contribution in [0.4, 0.5) is 4.79 Å². The number of carbonyl (C=O) groups excluding carboxylic acids is 3. The molecular formula is C12H19NO5. The van der Waals surface area contributed by atoms with Crippen LogP contribution in [0.5, 0.6) is 0 Å². The number of ether oxygens (including phenoxy) is 2. The lowest BCUT2D eigenvalue weighted by molar-refractivity contribution is -0.165. The summed E-state index contributed by atoms with van der Waals surface area (Å²) in [6, 6.07) is 0. The fourth-order valence-electron chi connectivity index (χ4n) is 1.66. The van der Waals surface area contributed by atoms with Crippen molar-refractivity contribution in [2.24, 2.45) is 5.41 Å². The van der Waals surface area contributed by atoms with Gasteiger partial charge in [0.25, 0.3) is 0 Å². The van der Waals surface area contributed by atoms with E-state index >= 15 is 0 Å². The Morgan fingerprint density at radius 2 is 1.89 bits per heavy atom. The van der Waals surface area contributed by atoms with Gasteiger partial charge < -0.3 is 14.4 Å². The molecule has 0 spiro atoms. The van der Waals surface area contributed by atoms with E-state index in [1.54, 1.807) is 27.7 Å². The van der Waals surface area contributed by atoms with Gasteiger partial charge in [0.2, 0.25) is 0 Å². The third kappa shape index (κ3) is 3.45. The molecule has 1 fully saturated rings. The van der Waals surface area contributed by atoms with Gasteiger partial charge in [0.15, 0.2) is 6.29 Å². The predicted octanol–water partition coefficient (Wildman–Crippen LogP) is 0.986. The standard InChI is InChI=1S/C12H19NO5/c1-11(2,3)18-10(16)13-7-12(4,8-13)9(15)17-6-5-14/h5H,6-8H2,1-4H3. The molecule has 1 rings (SSSR count). The first-order chi connectivity index (χ1) is 8.18. The van der Waals surface area contributed by atoms with Crippen molar-refractivity contribution >= 4 is 18.3 Å². The number of esters is 1. The monoisotopic (exact) mass is 257 g/mol. The number of carbonyl (C=O) groups is 3. The Kier molecular flexibility index (Phi) is 3.98. The van der Waals surface area contributed by atoms with Gasteiger partial charge in [-0.3, -0.25) is 9.59 Å². The zero-order valence-electron chi connectivity index (χ0n) is 11.2. The summed E-state index contributed by atoms with van der Waals surface area (Å²) in [6.07, 6.45) is 0.0779. The van der Waals surface area contributed by atoms with Crippen molar-refractivity contribution in [3.05, 3.63) is 0 Å². The topological polar surface area (TPSA) is 72.9 Å². The van der Waals surface area contributed by atoms with Crippen LogP contribution in [0.25, 0.3) is 0 Å². The first-order valence-electron chi connectivity index (χ1n) is 5.77. The second-order valence-electron chi connectivity index (χ2n) is 5.66. The number of hydrogen-bond acceptors (Lipinski definition) is 5. The zero-order chi connectivity index (χ0) is 14.0. The highest BCUT2D eigenvalue weighted by Crippen LogP contribution is 2.32. The van der Waals surface area contributed by atoms with E-state index in [1.807, 2.05) is 0 Å². The van der Waals surface area contributed by atoms with Crippen LogP contribution in [-0.2, 0) is 19.1 Å². The molecule has 0 bridgehead atoms. The van der Waals surface area contributed by atoms with Gasteiger partial charge in [0, 0.05) is 13.1 Å². The molecule has 1 saturated heterocycles. The maximum atomic E-state index is 11.7. The van der Waals surface area contributed by atoms with E-state index in [4.69, 9.17) is 9.47 Å². The largest absolute Gasteiger partial charge is 0.457 e. The number of hydrogen-bond donors (Lipinski definition) is 0. The average Bonchev–Trinajstić information content (AvgIpc) is 2.18. The van der Waals surface area contributed by atoms with Crippen LogP contribution in [0.1, 0.15) is 27.7 Å². The molecule has 0 aliphatic carbocycles. The summed E-state index contributed by atoms with van der Waals surface area (Å²) in [5.41, 5.74) is -1.29. The molecule has 6 heteroatoms. The van der Waals surface area contributed by atoms with Crippen LogP contribution in [0.15, 0.2) is 0 Å².